The van der Waals surface area contributed by atoms with Crippen molar-refractivity contribution >= 4 is 23.2 Å². The Kier molecular flexibility index (Phi) is 6.16. The molecule has 0 heterocycles. The van der Waals surface area contributed by atoms with Gasteiger partial charge >= 0.3 is 0 Å². The molecule has 1 rings (SSSR count). The summed E-state index contributed by atoms with van der Waals surface area (Å²) in [6.07, 6.45) is 2.15. The highest BCUT2D eigenvalue weighted by molar-refractivity contribution is 6.36. The predicted octanol–water partition coefficient (Wildman–Crippen LogP) is 3.82. The normalized spacial score (nSPS) is 10.8. The molecule has 0 radical (unpaired) electrons. The maximum atomic E-state index is 12.5. The summed E-state index contributed by atoms with van der Waals surface area (Å²) in [5.74, 6) is 0.496. The molecule has 0 saturated heterocycles. The number of rotatable bonds is 6. The van der Waals surface area contributed by atoms with Gasteiger partial charge in [-0.05, 0) is 25.0 Å². The first-order chi connectivity index (χ1) is 9.04. The second-order valence-corrected chi connectivity index (χ2v) is 5.11. The lowest BCUT2D eigenvalue weighted by molar-refractivity contribution is 0.0735. The number of nitrogen functional groups attached to an aromatic ring is 1. The van der Waals surface area contributed by atoms with Gasteiger partial charge in [-0.15, -0.1) is 0 Å². The Morgan fingerprint density at radius 1 is 1.32 bits per heavy atom. The van der Waals surface area contributed by atoms with Crippen LogP contribution in [-0.4, -0.2) is 23.9 Å². The molecular formula is C15H23ClN2O. The minimum atomic E-state index is -0.0355. The van der Waals surface area contributed by atoms with Gasteiger partial charge in [-0.25, -0.2) is 0 Å². The summed E-state index contributed by atoms with van der Waals surface area (Å²) in [6.45, 7) is 7.74. The van der Waals surface area contributed by atoms with E-state index in [9.17, 15) is 4.79 Å². The number of nitrogens with two attached hydrogens (primary N) is 1. The Balaban J connectivity index is 2.92. The van der Waals surface area contributed by atoms with E-state index >= 15 is 0 Å². The highest BCUT2D eigenvalue weighted by Gasteiger charge is 2.20. The van der Waals surface area contributed by atoms with Crippen molar-refractivity contribution in [2.75, 3.05) is 18.8 Å². The van der Waals surface area contributed by atoms with E-state index < -0.39 is 0 Å². The van der Waals surface area contributed by atoms with Gasteiger partial charge in [-0.2, -0.15) is 0 Å². The summed E-state index contributed by atoms with van der Waals surface area (Å²) in [6, 6.07) is 5.20. The molecule has 0 aliphatic rings. The molecule has 0 spiro atoms. The third-order valence-corrected chi connectivity index (χ3v) is 3.98. The summed E-state index contributed by atoms with van der Waals surface area (Å²) >= 11 is 6.12. The van der Waals surface area contributed by atoms with E-state index in [0.717, 1.165) is 19.4 Å². The van der Waals surface area contributed by atoms with E-state index in [-0.39, 0.29) is 5.91 Å². The number of carbonyl (C=O) groups is 1. The fourth-order valence-electron chi connectivity index (χ4n) is 2.10. The van der Waals surface area contributed by atoms with Gasteiger partial charge in [0.2, 0.25) is 0 Å². The third kappa shape index (κ3) is 3.87. The van der Waals surface area contributed by atoms with Gasteiger partial charge in [0.1, 0.15) is 0 Å². The molecule has 0 saturated carbocycles. The van der Waals surface area contributed by atoms with E-state index in [2.05, 4.69) is 13.8 Å². The van der Waals surface area contributed by atoms with E-state index in [1.807, 2.05) is 11.8 Å². The molecule has 1 aromatic rings. The minimum absolute atomic E-state index is 0.0355. The predicted molar refractivity (Wildman–Crippen MR) is 81.5 cm³/mol. The highest BCUT2D eigenvalue weighted by Crippen LogP contribution is 2.25. The molecule has 106 valence electrons. The highest BCUT2D eigenvalue weighted by atomic mass is 35.5. The standard InChI is InChI=1S/C15H23ClN2O/c1-4-11(5-2)10-18(6-3)15(19)12-8-7-9-13(17)14(12)16/h7-9,11H,4-6,10,17H2,1-3H3. The van der Waals surface area contributed by atoms with E-state index in [1.165, 1.54) is 0 Å². The summed E-state index contributed by atoms with van der Waals surface area (Å²) < 4.78 is 0. The first kappa shape index (κ1) is 15.8. The van der Waals surface area contributed by atoms with Crippen LogP contribution in [0.15, 0.2) is 18.2 Å². The average Bonchev–Trinajstić information content (AvgIpc) is 2.43. The van der Waals surface area contributed by atoms with Crippen LogP contribution < -0.4 is 5.73 Å². The Labute approximate surface area is 120 Å². The van der Waals surface area contributed by atoms with Crippen LogP contribution >= 0.6 is 11.6 Å². The van der Waals surface area contributed by atoms with E-state index in [1.54, 1.807) is 18.2 Å². The SMILES string of the molecule is CCC(CC)CN(CC)C(=O)c1cccc(N)c1Cl. The molecule has 0 unspecified atom stereocenters. The van der Waals surface area contributed by atoms with Crippen LogP contribution in [0.4, 0.5) is 5.69 Å². The topological polar surface area (TPSA) is 46.3 Å². The molecular weight excluding hydrogens is 260 g/mol. The number of benzene rings is 1. The lowest BCUT2D eigenvalue weighted by Gasteiger charge is -2.26. The molecule has 0 fully saturated rings. The zero-order valence-corrected chi connectivity index (χ0v) is 12.7. The number of halogens is 1. The number of hydrogen-bond donors (Lipinski definition) is 1. The van der Waals surface area contributed by atoms with Crippen molar-refractivity contribution in [1.82, 2.24) is 4.90 Å². The smallest absolute Gasteiger partial charge is 0.255 e. The van der Waals surface area contributed by atoms with Crippen molar-refractivity contribution in [3.63, 3.8) is 0 Å². The van der Waals surface area contributed by atoms with Crippen LogP contribution in [0.25, 0.3) is 0 Å². The maximum absolute atomic E-state index is 12.5. The van der Waals surface area contributed by atoms with Gasteiger partial charge in [-0.3, -0.25) is 4.79 Å². The van der Waals surface area contributed by atoms with Crippen molar-refractivity contribution in [3.8, 4) is 0 Å². The summed E-state index contributed by atoms with van der Waals surface area (Å²) in [4.78, 5) is 14.3. The first-order valence-corrected chi connectivity index (χ1v) is 7.26. The molecule has 0 aliphatic heterocycles. The van der Waals surface area contributed by atoms with Crippen LogP contribution in [0.3, 0.4) is 0 Å². The number of hydrogen-bond acceptors (Lipinski definition) is 2. The third-order valence-electron chi connectivity index (χ3n) is 3.56. The quantitative estimate of drug-likeness (QED) is 0.806. The maximum Gasteiger partial charge on any atom is 0.255 e. The number of anilines is 1. The Morgan fingerprint density at radius 2 is 1.95 bits per heavy atom. The summed E-state index contributed by atoms with van der Waals surface area (Å²) in [7, 11) is 0. The van der Waals surface area contributed by atoms with E-state index in [4.69, 9.17) is 17.3 Å². The van der Waals surface area contributed by atoms with Gasteiger partial charge in [0.25, 0.3) is 5.91 Å². The first-order valence-electron chi connectivity index (χ1n) is 6.88. The Hall–Kier alpha value is -1.22. The Morgan fingerprint density at radius 3 is 2.47 bits per heavy atom. The van der Waals surface area contributed by atoms with Crippen molar-refractivity contribution in [1.29, 1.82) is 0 Å². The van der Waals surface area contributed by atoms with Crippen LogP contribution in [0.2, 0.25) is 5.02 Å². The second-order valence-electron chi connectivity index (χ2n) is 4.74. The zero-order chi connectivity index (χ0) is 14.4. The number of carbonyl (C=O) groups excluding carboxylic acids is 1. The lowest BCUT2D eigenvalue weighted by Crippen LogP contribution is -2.35. The van der Waals surface area contributed by atoms with Crippen LogP contribution in [-0.2, 0) is 0 Å². The van der Waals surface area contributed by atoms with Crippen LogP contribution in [0.5, 0.6) is 0 Å². The molecule has 0 atom stereocenters. The van der Waals surface area contributed by atoms with E-state index in [0.29, 0.717) is 28.7 Å². The van der Waals surface area contributed by atoms with Gasteiger partial charge in [0, 0.05) is 13.1 Å². The summed E-state index contributed by atoms with van der Waals surface area (Å²) in [5.41, 5.74) is 6.70. The average molecular weight is 283 g/mol. The molecule has 3 nitrogen and oxygen atoms in total. The molecule has 4 heteroatoms. The van der Waals surface area contributed by atoms with Crippen LogP contribution in [0.1, 0.15) is 44.0 Å². The van der Waals surface area contributed by atoms with Crippen molar-refractivity contribution in [3.05, 3.63) is 28.8 Å². The monoisotopic (exact) mass is 282 g/mol. The van der Waals surface area contributed by atoms with Gasteiger partial charge in [0.05, 0.1) is 16.3 Å². The second kappa shape index (κ2) is 7.39. The zero-order valence-electron chi connectivity index (χ0n) is 11.9. The molecule has 19 heavy (non-hydrogen) atoms. The fourth-order valence-corrected chi connectivity index (χ4v) is 2.31. The van der Waals surface area contributed by atoms with Crippen molar-refractivity contribution in [2.24, 2.45) is 5.92 Å². The van der Waals surface area contributed by atoms with Crippen LogP contribution in [0, 0.1) is 5.92 Å². The minimum Gasteiger partial charge on any atom is -0.398 e. The van der Waals surface area contributed by atoms with Gasteiger partial charge in [-0.1, -0.05) is 44.4 Å². The molecule has 2 N–H and O–H groups in total. The summed E-state index contributed by atoms with van der Waals surface area (Å²) in [5, 5.41) is 0.357. The molecule has 0 bridgehead atoms. The lowest BCUT2D eigenvalue weighted by atomic mass is 10.0. The fraction of sp³-hybridized carbons (Fsp3) is 0.533. The molecule has 0 aliphatic carbocycles. The molecule has 1 aromatic carbocycles. The van der Waals surface area contributed by atoms with Crippen molar-refractivity contribution < 1.29 is 4.79 Å². The van der Waals surface area contributed by atoms with Crippen molar-refractivity contribution in [2.45, 2.75) is 33.6 Å². The van der Waals surface area contributed by atoms with Gasteiger partial charge in [0.15, 0.2) is 0 Å². The Bertz CT molecular complexity index is 430. The van der Waals surface area contributed by atoms with Gasteiger partial charge < -0.3 is 10.6 Å². The molecule has 1 amide bonds. The number of amides is 1. The largest absolute Gasteiger partial charge is 0.398 e. The molecule has 0 aromatic heterocycles. The number of nitrogens with zero attached hydrogens (tertiary/aromatic N) is 1.